The van der Waals surface area contributed by atoms with E-state index in [-0.39, 0.29) is 28.8 Å². The van der Waals surface area contributed by atoms with Crippen molar-refractivity contribution in [1.29, 1.82) is 0 Å². The standard InChI is InChI=1S/C34H55NO4S/c1-6-10-20-36-26-30-31(37-21-11-7-2)32(38-22-12-8-3)33(39-23-13-9-4)34(40-30)28-17-14-16-27(24-28)25-29-18-15-19-35(29)5/h14-19,24,30-34H,6-13,20-23,25-26H2,1-5H3/t30-,31-,32+,33-,34+/m1/s1. The third-order valence-corrected chi connectivity index (χ3v) is 9.29. The van der Waals surface area contributed by atoms with E-state index < -0.39 is 0 Å². The average molecular weight is 574 g/mol. The highest BCUT2D eigenvalue weighted by Gasteiger charge is 2.48. The minimum atomic E-state index is -0.122. The highest BCUT2D eigenvalue weighted by atomic mass is 32.2. The van der Waals surface area contributed by atoms with E-state index in [1.54, 1.807) is 0 Å². The Labute approximate surface area is 248 Å². The zero-order valence-electron chi connectivity index (χ0n) is 25.8. The molecule has 1 aromatic carbocycles. The lowest BCUT2D eigenvalue weighted by atomic mass is 9.94. The second-order valence-electron chi connectivity index (χ2n) is 11.1. The van der Waals surface area contributed by atoms with Crippen molar-refractivity contribution in [2.75, 3.05) is 33.0 Å². The topological polar surface area (TPSA) is 41.9 Å². The number of hydrogen-bond donors (Lipinski definition) is 0. The van der Waals surface area contributed by atoms with Crippen LogP contribution in [0, 0.1) is 0 Å². The Balaban J connectivity index is 1.94. The second kappa shape index (κ2) is 19.0. The third kappa shape index (κ3) is 10.2. The Hall–Kier alpha value is -1.31. The van der Waals surface area contributed by atoms with Crippen LogP contribution in [0.5, 0.6) is 0 Å². The molecule has 0 spiro atoms. The number of aryl methyl sites for hydroxylation is 1. The maximum atomic E-state index is 6.76. The van der Waals surface area contributed by atoms with E-state index in [1.807, 2.05) is 11.8 Å². The van der Waals surface area contributed by atoms with Crippen LogP contribution in [0.25, 0.3) is 0 Å². The summed E-state index contributed by atoms with van der Waals surface area (Å²) in [5.41, 5.74) is 3.96. The van der Waals surface area contributed by atoms with E-state index in [0.717, 1.165) is 84.2 Å². The quantitative estimate of drug-likeness (QED) is 0.150. The van der Waals surface area contributed by atoms with Crippen LogP contribution in [0.3, 0.4) is 0 Å². The molecule has 0 radical (unpaired) electrons. The number of unbranched alkanes of at least 4 members (excludes halogenated alkanes) is 4. The van der Waals surface area contributed by atoms with Crippen LogP contribution >= 0.6 is 11.8 Å². The van der Waals surface area contributed by atoms with Gasteiger partial charge in [-0.15, -0.1) is 11.8 Å². The molecule has 226 valence electrons. The molecule has 1 aliphatic rings. The van der Waals surface area contributed by atoms with Crippen molar-refractivity contribution < 1.29 is 18.9 Å². The van der Waals surface area contributed by atoms with Gasteiger partial charge in [0.25, 0.3) is 0 Å². The van der Waals surface area contributed by atoms with Crippen LogP contribution in [0.2, 0.25) is 0 Å². The summed E-state index contributed by atoms with van der Waals surface area (Å²) in [4.78, 5) is 0. The zero-order valence-corrected chi connectivity index (χ0v) is 26.6. The van der Waals surface area contributed by atoms with Crippen molar-refractivity contribution >= 4 is 11.8 Å². The smallest absolute Gasteiger partial charge is 0.112 e. The first-order valence-corrected chi connectivity index (χ1v) is 16.8. The molecule has 2 heterocycles. The highest BCUT2D eigenvalue weighted by molar-refractivity contribution is 8.00. The normalized spacial score (nSPS) is 23.1. The first-order valence-electron chi connectivity index (χ1n) is 15.9. The van der Waals surface area contributed by atoms with Gasteiger partial charge in [0.2, 0.25) is 0 Å². The molecule has 1 aromatic heterocycles. The maximum absolute atomic E-state index is 6.76. The molecule has 0 aliphatic carbocycles. The molecule has 40 heavy (non-hydrogen) atoms. The van der Waals surface area contributed by atoms with Crippen molar-refractivity contribution in [1.82, 2.24) is 4.57 Å². The monoisotopic (exact) mass is 573 g/mol. The fourth-order valence-corrected chi connectivity index (χ4v) is 6.83. The molecular weight excluding hydrogens is 518 g/mol. The van der Waals surface area contributed by atoms with Crippen molar-refractivity contribution in [3.05, 3.63) is 59.4 Å². The van der Waals surface area contributed by atoms with E-state index >= 15 is 0 Å². The van der Waals surface area contributed by atoms with E-state index in [4.69, 9.17) is 18.9 Å². The maximum Gasteiger partial charge on any atom is 0.112 e. The van der Waals surface area contributed by atoms with Gasteiger partial charge in [0.05, 0.1) is 17.1 Å². The molecule has 6 heteroatoms. The van der Waals surface area contributed by atoms with E-state index in [1.165, 1.54) is 16.8 Å². The number of benzene rings is 1. The van der Waals surface area contributed by atoms with Crippen LogP contribution in [-0.4, -0.2) is 61.2 Å². The van der Waals surface area contributed by atoms with Crippen LogP contribution in [0.15, 0.2) is 42.6 Å². The summed E-state index contributed by atoms with van der Waals surface area (Å²) >= 11 is 1.98. The zero-order chi connectivity index (χ0) is 28.6. The van der Waals surface area contributed by atoms with Crippen molar-refractivity contribution in [3.8, 4) is 0 Å². The lowest BCUT2D eigenvalue weighted by Crippen LogP contribution is -2.55. The summed E-state index contributed by atoms with van der Waals surface area (Å²) in [5.74, 6) is 0. The molecule has 5 atom stereocenters. The number of hydrogen-bond acceptors (Lipinski definition) is 5. The predicted octanol–water partition coefficient (Wildman–Crippen LogP) is 8.15. The first-order chi connectivity index (χ1) is 19.6. The summed E-state index contributed by atoms with van der Waals surface area (Å²) in [6, 6.07) is 13.4. The molecule has 5 nitrogen and oxygen atoms in total. The molecule has 0 bridgehead atoms. The van der Waals surface area contributed by atoms with Crippen molar-refractivity contribution in [3.63, 3.8) is 0 Å². The van der Waals surface area contributed by atoms with Crippen LogP contribution in [0.1, 0.15) is 101 Å². The summed E-state index contributed by atoms with van der Waals surface area (Å²) in [7, 11) is 2.12. The lowest BCUT2D eigenvalue weighted by Gasteiger charge is -2.46. The minimum Gasteiger partial charge on any atom is -0.380 e. The Morgan fingerprint density at radius 1 is 0.725 bits per heavy atom. The van der Waals surface area contributed by atoms with Gasteiger partial charge in [-0.3, -0.25) is 0 Å². The molecular formula is C34H55NO4S. The van der Waals surface area contributed by atoms with E-state index in [0.29, 0.717) is 6.61 Å². The fourth-order valence-electron chi connectivity index (χ4n) is 5.20. The number of nitrogens with zero attached hydrogens (tertiary/aromatic N) is 1. The molecule has 1 fully saturated rings. The van der Waals surface area contributed by atoms with Gasteiger partial charge in [0, 0.05) is 51.8 Å². The van der Waals surface area contributed by atoms with E-state index in [2.05, 4.69) is 81.9 Å². The summed E-state index contributed by atoms with van der Waals surface area (Å²) in [5, 5.41) is 0.343. The molecule has 0 unspecified atom stereocenters. The average Bonchev–Trinajstić information content (AvgIpc) is 3.37. The van der Waals surface area contributed by atoms with Gasteiger partial charge in [-0.1, -0.05) is 77.6 Å². The van der Waals surface area contributed by atoms with Gasteiger partial charge in [0.1, 0.15) is 18.3 Å². The van der Waals surface area contributed by atoms with E-state index in [9.17, 15) is 0 Å². The number of aromatic nitrogens is 1. The van der Waals surface area contributed by atoms with Gasteiger partial charge in [-0.2, -0.15) is 0 Å². The lowest BCUT2D eigenvalue weighted by molar-refractivity contribution is -0.149. The molecule has 3 rings (SSSR count). The largest absolute Gasteiger partial charge is 0.380 e. The third-order valence-electron chi connectivity index (χ3n) is 7.70. The number of rotatable bonds is 20. The molecule has 0 amide bonds. The van der Waals surface area contributed by atoms with Gasteiger partial charge < -0.3 is 23.5 Å². The Morgan fingerprint density at radius 2 is 1.35 bits per heavy atom. The molecule has 0 saturated carbocycles. The first kappa shape index (κ1) is 33.2. The number of thioether (sulfide) groups is 1. The molecule has 1 aliphatic heterocycles. The van der Waals surface area contributed by atoms with Gasteiger partial charge in [0.15, 0.2) is 0 Å². The van der Waals surface area contributed by atoms with Crippen LogP contribution in [-0.2, 0) is 32.4 Å². The van der Waals surface area contributed by atoms with Gasteiger partial charge in [-0.05, 0) is 48.9 Å². The molecule has 1 saturated heterocycles. The fraction of sp³-hybridized carbons (Fsp3) is 0.706. The molecule has 2 aromatic rings. The second-order valence-corrected chi connectivity index (χ2v) is 12.5. The van der Waals surface area contributed by atoms with Crippen LogP contribution in [0.4, 0.5) is 0 Å². The Kier molecular flexibility index (Phi) is 15.8. The van der Waals surface area contributed by atoms with Crippen molar-refractivity contribution in [2.45, 2.75) is 114 Å². The predicted molar refractivity (Wildman–Crippen MR) is 168 cm³/mol. The highest BCUT2D eigenvalue weighted by Crippen LogP contribution is 2.47. The summed E-state index contributed by atoms with van der Waals surface area (Å²) < 4.78 is 28.6. The number of ether oxygens (including phenoxy) is 4. The van der Waals surface area contributed by atoms with Crippen molar-refractivity contribution in [2.24, 2.45) is 7.05 Å². The van der Waals surface area contributed by atoms with Gasteiger partial charge >= 0.3 is 0 Å². The Bertz CT molecular complexity index is 934. The summed E-state index contributed by atoms with van der Waals surface area (Å²) in [6.45, 7) is 12.6. The van der Waals surface area contributed by atoms with Gasteiger partial charge in [-0.25, -0.2) is 0 Å². The SMILES string of the molecule is CCCCOC[C@H]1S[C@@H](c2cccc(Cc3cccn3C)c2)[C@H](OCCCC)[C@@H](OCCCC)[C@@H]1OCCCC. The molecule has 0 N–H and O–H groups in total. The van der Waals surface area contributed by atoms with Crippen LogP contribution < -0.4 is 0 Å². The minimum absolute atomic E-state index is 0.0514. The summed E-state index contributed by atoms with van der Waals surface area (Å²) in [6.07, 6.45) is 11.5. The Morgan fingerprint density at radius 3 is 1.98 bits per heavy atom.